The van der Waals surface area contributed by atoms with E-state index in [0.717, 1.165) is 68.7 Å². The van der Waals surface area contributed by atoms with Crippen molar-refractivity contribution in [3.63, 3.8) is 0 Å². The van der Waals surface area contributed by atoms with E-state index < -0.39 is 47.8 Å². The molecule has 1 aromatic rings. The zero-order valence-corrected chi connectivity index (χ0v) is 29.6. The highest BCUT2D eigenvalue weighted by molar-refractivity contribution is 5.94. The fourth-order valence-electron chi connectivity index (χ4n) is 5.16. The van der Waals surface area contributed by atoms with Gasteiger partial charge in [0.05, 0.1) is 18.1 Å². The molecule has 0 aliphatic rings. The minimum absolute atomic E-state index is 0.158. The summed E-state index contributed by atoms with van der Waals surface area (Å²) in [7, 11) is 0. The lowest BCUT2D eigenvalue weighted by Crippen LogP contribution is -2.55. The van der Waals surface area contributed by atoms with Crippen molar-refractivity contribution in [1.82, 2.24) is 5.32 Å². The second-order valence-corrected chi connectivity index (χ2v) is 12.5. The molecule has 0 aliphatic heterocycles. The van der Waals surface area contributed by atoms with Crippen LogP contribution in [0.15, 0.2) is 53.2 Å². The average molecular weight is 702 g/mol. The van der Waals surface area contributed by atoms with Gasteiger partial charge in [-0.15, -0.1) is 0 Å². The Bertz CT molecular complexity index is 1300. The number of hydrogen-bond donors (Lipinski definition) is 6. The zero-order chi connectivity index (χ0) is 37.4. The number of oxime groups is 1. The number of carbonyl (C=O) groups excluding carboxylic acids is 1. The van der Waals surface area contributed by atoms with Crippen molar-refractivity contribution in [2.24, 2.45) is 11.1 Å². The van der Waals surface area contributed by atoms with Gasteiger partial charge in [0.25, 0.3) is 0 Å². The molecule has 50 heavy (non-hydrogen) atoms. The molecule has 3 atom stereocenters. The fourth-order valence-corrected chi connectivity index (χ4v) is 5.16. The quantitative estimate of drug-likeness (QED) is 0.0189. The van der Waals surface area contributed by atoms with Crippen LogP contribution in [0.4, 0.5) is 0 Å². The van der Waals surface area contributed by atoms with Crippen LogP contribution in [0, 0.1) is 11.3 Å². The van der Waals surface area contributed by atoms with Crippen LogP contribution in [0.25, 0.3) is 0 Å². The number of aliphatic hydroxyl groups is 1. The van der Waals surface area contributed by atoms with Crippen LogP contribution < -0.4 is 10.1 Å². The van der Waals surface area contributed by atoms with Gasteiger partial charge in [-0.3, -0.25) is 15.0 Å². The predicted octanol–water partition coefficient (Wildman–Crippen LogP) is 6.29. The summed E-state index contributed by atoms with van der Waals surface area (Å²) in [4.78, 5) is 53.9. The Morgan fingerprint density at radius 3 is 2.10 bits per heavy atom. The van der Waals surface area contributed by atoms with E-state index in [-0.39, 0.29) is 6.42 Å². The summed E-state index contributed by atoms with van der Waals surface area (Å²) in [5, 5.41) is 53.4. The minimum atomic E-state index is -3.02. The smallest absolute Gasteiger partial charge is 0.337 e. The van der Waals surface area contributed by atoms with Gasteiger partial charge in [-0.25, -0.2) is 9.59 Å². The number of nitrogens with zero attached hydrogens (tertiary/aromatic N) is 1. The first kappa shape index (κ1) is 43.5. The molecule has 0 heterocycles. The number of carbonyl (C=O) groups is 4. The Balaban J connectivity index is 2.89. The number of unbranched alkanes of at least 4 members (excludes halogenated alkanes) is 8. The molecule has 1 amide bonds. The molecule has 0 spiro atoms. The summed E-state index contributed by atoms with van der Waals surface area (Å²) in [5.41, 5.74) is -0.475. The number of amides is 1. The highest BCUT2D eigenvalue weighted by Gasteiger charge is 2.49. The number of allylic oxidation sites excluding steroid dienone is 2. The van der Waals surface area contributed by atoms with Gasteiger partial charge in [-0.1, -0.05) is 80.5 Å². The van der Waals surface area contributed by atoms with Crippen LogP contribution in [0.5, 0.6) is 5.75 Å². The van der Waals surface area contributed by atoms with Crippen molar-refractivity contribution in [3.05, 3.63) is 53.6 Å². The van der Waals surface area contributed by atoms with E-state index >= 15 is 0 Å². The molecule has 6 N–H and O–H groups in total. The molecule has 0 saturated carbocycles. The van der Waals surface area contributed by atoms with E-state index in [1.165, 1.54) is 25.3 Å². The molecule has 13 heteroatoms. The van der Waals surface area contributed by atoms with Crippen molar-refractivity contribution in [2.75, 3.05) is 6.61 Å². The maximum atomic E-state index is 13.4. The van der Waals surface area contributed by atoms with Crippen molar-refractivity contribution in [3.8, 4) is 5.75 Å². The summed E-state index contributed by atoms with van der Waals surface area (Å²) >= 11 is 0. The molecule has 0 saturated heterocycles. The first-order valence-corrected chi connectivity index (χ1v) is 17.3. The third kappa shape index (κ3) is 17.8. The lowest BCUT2D eigenvalue weighted by molar-refractivity contribution is -0.172. The first-order chi connectivity index (χ1) is 23.8. The molecule has 0 radical (unpaired) electrons. The SMILES string of the molecule is CCCCCCCC(CCCCCC/C=C/[C@H](C(=O)N[C@@H](Cc1ccc(OCC=C(C)C)cc1)C(=O)O)C(O)(CC(=O)O)C(=O)O)=NOC=N. The van der Waals surface area contributed by atoms with Gasteiger partial charge in [0.2, 0.25) is 12.3 Å². The Morgan fingerprint density at radius 2 is 1.56 bits per heavy atom. The Labute approximate surface area is 295 Å². The monoisotopic (exact) mass is 701 g/mol. The first-order valence-electron chi connectivity index (χ1n) is 17.3. The molecule has 13 nitrogen and oxygen atoms in total. The standard InChI is InChI=1S/C37H55N3O10/c1-4-5-6-9-12-15-29(40-50-26-38)16-13-10-7-8-11-14-17-31(37(48,36(46)47)25-33(41)42)34(43)39-32(35(44)45)24-28-18-20-30(21-19-28)49-23-22-27(2)3/h14,17-22,26,31-32,38,48H,4-13,15-16,23-25H2,1-3H3,(H,39,43)(H,41,42)(H,44,45)(H,46,47)/b17-14+,38-26?,40-29?/t31-,32+,37?/m1/s1. The van der Waals surface area contributed by atoms with E-state index in [1.54, 1.807) is 24.3 Å². The fraction of sp³-hybridized carbons (Fsp3) is 0.568. The molecule has 0 aromatic heterocycles. The van der Waals surface area contributed by atoms with Crippen LogP contribution in [0.1, 0.15) is 110 Å². The second kappa shape index (κ2) is 24.6. The third-order valence-corrected chi connectivity index (χ3v) is 8.03. The maximum Gasteiger partial charge on any atom is 0.337 e. The van der Waals surface area contributed by atoms with Gasteiger partial charge in [-0.2, -0.15) is 0 Å². The number of nitrogens with one attached hydrogen (secondary N) is 2. The average Bonchev–Trinajstić information content (AvgIpc) is 3.05. The van der Waals surface area contributed by atoms with Crippen LogP contribution >= 0.6 is 0 Å². The van der Waals surface area contributed by atoms with Crippen LogP contribution in [0.2, 0.25) is 0 Å². The molecule has 0 bridgehead atoms. The summed E-state index contributed by atoms with van der Waals surface area (Å²) in [6, 6.07) is 5.10. The predicted molar refractivity (Wildman–Crippen MR) is 190 cm³/mol. The van der Waals surface area contributed by atoms with E-state index in [9.17, 15) is 39.6 Å². The highest BCUT2D eigenvalue weighted by atomic mass is 16.6. The summed E-state index contributed by atoms with van der Waals surface area (Å²) in [6.07, 6.45) is 14.7. The molecular formula is C37H55N3O10. The minimum Gasteiger partial charge on any atom is -0.490 e. The lowest BCUT2D eigenvalue weighted by atomic mass is 9.82. The van der Waals surface area contributed by atoms with Crippen molar-refractivity contribution >= 4 is 35.9 Å². The van der Waals surface area contributed by atoms with E-state index in [4.69, 9.17) is 15.0 Å². The molecule has 1 rings (SSSR count). The topological polar surface area (TPSA) is 216 Å². The van der Waals surface area contributed by atoms with Gasteiger partial charge >= 0.3 is 17.9 Å². The lowest BCUT2D eigenvalue weighted by Gasteiger charge is -2.29. The normalized spacial score (nSPS) is 13.9. The second-order valence-electron chi connectivity index (χ2n) is 12.5. The molecule has 278 valence electrons. The van der Waals surface area contributed by atoms with E-state index in [2.05, 4.69) is 17.4 Å². The van der Waals surface area contributed by atoms with Crippen molar-refractivity contribution in [2.45, 2.75) is 122 Å². The Morgan fingerprint density at radius 1 is 0.940 bits per heavy atom. The van der Waals surface area contributed by atoms with E-state index in [1.807, 2.05) is 19.9 Å². The molecule has 0 aliphatic carbocycles. The van der Waals surface area contributed by atoms with Crippen LogP contribution in [-0.4, -0.2) is 74.6 Å². The Hall–Kier alpha value is -4.52. The van der Waals surface area contributed by atoms with Gasteiger partial charge in [0.1, 0.15) is 18.4 Å². The third-order valence-electron chi connectivity index (χ3n) is 8.03. The van der Waals surface area contributed by atoms with Gasteiger partial charge in [0.15, 0.2) is 5.60 Å². The largest absolute Gasteiger partial charge is 0.490 e. The number of aliphatic carboxylic acids is 3. The molecule has 1 aromatic carbocycles. The maximum absolute atomic E-state index is 13.4. The van der Waals surface area contributed by atoms with Gasteiger partial charge < -0.3 is 35.3 Å². The summed E-state index contributed by atoms with van der Waals surface area (Å²) < 4.78 is 5.61. The molecule has 0 fully saturated rings. The zero-order valence-electron chi connectivity index (χ0n) is 29.6. The van der Waals surface area contributed by atoms with Gasteiger partial charge in [-0.05, 0) is 76.1 Å². The molecule has 1 unspecified atom stereocenters. The van der Waals surface area contributed by atoms with Crippen molar-refractivity contribution in [1.29, 1.82) is 5.41 Å². The number of benzene rings is 1. The van der Waals surface area contributed by atoms with Crippen LogP contribution in [-0.2, 0) is 30.4 Å². The number of rotatable bonds is 28. The highest BCUT2D eigenvalue weighted by Crippen LogP contribution is 2.26. The molecular weight excluding hydrogens is 646 g/mol. The van der Waals surface area contributed by atoms with Crippen LogP contribution in [0.3, 0.4) is 0 Å². The number of ether oxygens (including phenoxy) is 1. The van der Waals surface area contributed by atoms with Crippen molar-refractivity contribution < 1.29 is 49.2 Å². The van der Waals surface area contributed by atoms with E-state index in [0.29, 0.717) is 30.8 Å². The van der Waals surface area contributed by atoms with Gasteiger partial charge in [0, 0.05) is 6.42 Å². The number of carboxylic acid groups (broad SMARTS) is 3. The summed E-state index contributed by atoms with van der Waals surface area (Å²) in [5.74, 6) is -7.40. The number of carboxylic acids is 3. The number of hydrogen-bond acceptors (Lipinski definition) is 9. The summed E-state index contributed by atoms with van der Waals surface area (Å²) in [6.45, 7) is 6.41. The Kier molecular flexibility index (Phi) is 21.4.